The highest BCUT2D eigenvalue weighted by atomic mass is 16.5. The quantitative estimate of drug-likeness (QED) is 0.802. The van der Waals surface area contributed by atoms with Crippen LogP contribution < -0.4 is 9.64 Å². The Kier molecular flexibility index (Phi) is 3.89. The molecule has 0 bridgehead atoms. The molecule has 2 aromatic carbocycles. The third kappa shape index (κ3) is 2.58. The molecule has 0 spiro atoms. The van der Waals surface area contributed by atoms with Crippen molar-refractivity contribution in [3.8, 4) is 5.75 Å². The molecule has 0 fully saturated rings. The van der Waals surface area contributed by atoms with E-state index in [0.29, 0.717) is 5.82 Å². The van der Waals surface area contributed by atoms with E-state index in [0.717, 1.165) is 28.2 Å². The number of benzene rings is 2. The summed E-state index contributed by atoms with van der Waals surface area (Å²) < 4.78 is 5.18. The number of para-hydroxylation sites is 1. The Morgan fingerprint density at radius 1 is 1.05 bits per heavy atom. The zero-order valence-corrected chi connectivity index (χ0v) is 12.5. The summed E-state index contributed by atoms with van der Waals surface area (Å²) in [4.78, 5) is 10.8. The van der Waals surface area contributed by atoms with E-state index in [1.54, 1.807) is 7.11 Å². The minimum Gasteiger partial charge on any atom is -0.497 e. The number of hydrogen-bond acceptors (Lipinski definition) is 5. The third-order valence-corrected chi connectivity index (χ3v) is 3.55. The maximum Gasteiger partial charge on any atom is 0.156 e. The Hall–Kier alpha value is -2.66. The monoisotopic (exact) mass is 295 g/mol. The van der Waals surface area contributed by atoms with Crippen LogP contribution in [0.15, 0.2) is 48.5 Å². The van der Waals surface area contributed by atoms with Crippen LogP contribution in [0.2, 0.25) is 0 Å². The summed E-state index contributed by atoms with van der Waals surface area (Å²) in [5.74, 6) is 1.98. The summed E-state index contributed by atoms with van der Waals surface area (Å²) in [6.45, 7) is -0.186. The van der Waals surface area contributed by atoms with Crippen LogP contribution in [0.25, 0.3) is 10.9 Å². The molecule has 5 nitrogen and oxygen atoms in total. The Bertz CT molecular complexity index is 788. The second-order valence-corrected chi connectivity index (χ2v) is 4.90. The SMILES string of the molecule is COc1ccc(N(C)c2nc(CO)nc3ccccc23)cc1. The van der Waals surface area contributed by atoms with Gasteiger partial charge < -0.3 is 14.7 Å². The van der Waals surface area contributed by atoms with Gasteiger partial charge in [-0.2, -0.15) is 0 Å². The maximum absolute atomic E-state index is 9.38. The lowest BCUT2D eigenvalue weighted by Gasteiger charge is -2.20. The zero-order chi connectivity index (χ0) is 15.5. The lowest BCUT2D eigenvalue weighted by molar-refractivity contribution is 0.272. The first kappa shape index (κ1) is 14.3. The van der Waals surface area contributed by atoms with Gasteiger partial charge in [-0.1, -0.05) is 12.1 Å². The second-order valence-electron chi connectivity index (χ2n) is 4.90. The van der Waals surface area contributed by atoms with E-state index in [-0.39, 0.29) is 6.61 Å². The van der Waals surface area contributed by atoms with Crippen molar-refractivity contribution < 1.29 is 9.84 Å². The molecular formula is C17H17N3O2. The van der Waals surface area contributed by atoms with Crippen LogP contribution in [0, 0.1) is 0 Å². The predicted molar refractivity (Wildman–Crippen MR) is 86.5 cm³/mol. The highest BCUT2D eigenvalue weighted by molar-refractivity contribution is 5.91. The number of aliphatic hydroxyl groups is 1. The topological polar surface area (TPSA) is 58.5 Å². The summed E-state index contributed by atoms with van der Waals surface area (Å²) in [7, 11) is 3.59. The summed E-state index contributed by atoms with van der Waals surface area (Å²) in [5, 5.41) is 10.3. The summed E-state index contributed by atoms with van der Waals surface area (Å²) >= 11 is 0. The van der Waals surface area contributed by atoms with Crippen molar-refractivity contribution in [1.82, 2.24) is 9.97 Å². The fourth-order valence-corrected chi connectivity index (χ4v) is 2.36. The number of rotatable bonds is 4. The summed E-state index contributed by atoms with van der Waals surface area (Å²) in [6, 6.07) is 15.5. The molecule has 0 atom stereocenters. The molecule has 1 N–H and O–H groups in total. The average Bonchev–Trinajstić information content (AvgIpc) is 2.60. The molecule has 3 rings (SSSR count). The van der Waals surface area contributed by atoms with Crippen molar-refractivity contribution in [2.24, 2.45) is 0 Å². The van der Waals surface area contributed by atoms with Crippen molar-refractivity contribution in [3.63, 3.8) is 0 Å². The molecule has 0 unspecified atom stereocenters. The van der Waals surface area contributed by atoms with Gasteiger partial charge in [-0.25, -0.2) is 9.97 Å². The molecular weight excluding hydrogens is 278 g/mol. The molecule has 0 saturated heterocycles. The standard InChI is InChI=1S/C17H17N3O2/c1-20(12-7-9-13(22-2)10-8-12)17-14-5-3-4-6-15(14)18-16(11-21)19-17/h3-10,21H,11H2,1-2H3. The molecule has 5 heteroatoms. The Morgan fingerprint density at radius 3 is 2.45 bits per heavy atom. The van der Waals surface area contributed by atoms with Gasteiger partial charge >= 0.3 is 0 Å². The minimum atomic E-state index is -0.186. The van der Waals surface area contributed by atoms with Gasteiger partial charge in [-0.3, -0.25) is 0 Å². The highest BCUT2D eigenvalue weighted by Gasteiger charge is 2.12. The van der Waals surface area contributed by atoms with Gasteiger partial charge in [0.15, 0.2) is 5.82 Å². The Labute approximate surface area is 128 Å². The van der Waals surface area contributed by atoms with Crippen molar-refractivity contribution in [2.45, 2.75) is 6.61 Å². The fourth-order valence-electron chi connectivity index (χ4n) is 2.36. The number of anilines is 2. The number of aromatic nitrogens is 2. The first-order valence-corrected chi connectivity index (χ1v) is 6.97. The van der Waals surface area contributed by atoms with Gasteiger partial charge in [-0.05, 0) is 36.4 Å². The second kappa shape index (κ2) is 5.99. The van der Waals surface area contributed by atoms with Crippen molar-refractivity contribution >= 4 is 22.4 Å². The number of fused-ring (bicyclic) bond motifs is 1. The summed E-state index contributed by atoms with van der Waals surface area (Å²) in [6.07, 6.45) is 0. The lowest BCUT2D eigenvalue weighted by atomic mass is 10.2. The number of hydrogen-bond donors (Lipinski definition) is 1. The number of ether oxygens (including phenoxy) is 1. The van der Waals surface area contributed by atoms with E-state index in [9.17, 15) is 5.11 Å². The fraction of sp³-hybridized carbons (Fsp3) is 0.176. The minimum absolute atomic E-state index is 0.186. The number of methoxy groups -OCH3 is 1. The van der Waals surface area contributed by atoms with E-state index in [2.05, 4.69) is 9.97 Å². The molecule has 22 heavy (non-hydrogen) atoms. The van der Waals surface area contributed by atoms with E-state index in [1.807, 2.05) is 60.5 Å². The van der Waals surface area contributed by atoms with Gasteiger partial charge in [0.25, 0.3) is 0 Å². The molecule has 0 radical (unpaired) electrons. The van der Waals surface area contributed by atoms with Crippen molar-refractivity contribution in [2.75, 3.05) is 19.1 Å². The van der Waals surface area contributed by atoms with E-state index in [4.69, 9.17) is 4.74 Å². The predicted octanol–water partition coefficient (Wildman–Crippen LogP) is 2.90. The van der Waals surface area contributed by atoms with Crippen LogP contribution in [0.1, 0.15) is 5.82 Å². The molecule has 1 aromatic heterocycles. The van der Waals surface area contributed by atoms with Gasteiger partial charge in [0.05, 0.1) is 12.6 Å². The van der Waals surface area contributed by atoms with Crippen molar-refractivity contribution in [1.29, 1.82) is 0 Å². The zero-order valence-electron chi connectivity index (χ0n) is 12.5. The average molecular weight is 295 g/mol. The van der Waals surface area contributed by atoms with E-state index >= 15 is 0 Å². The van der Waals surface area contributed by atoms with E-state index in [1.165, 1.54) is 0 Å². The first-order chi connectivity index (χ1) is 10.7. The van der Waals surface area contributed by atoms with Gasteiger partial charge in [0.1, 0.15) is 18.2 Å². The Morgan fingerprint density at radius 2 is 1.77 bits per heavy atom. The molecule has 112 valence electrons. The van der Waals surface area contributed by atoms with Crippen LogP contribution in [-0.2, 0) is 6.61 Å². The normalized spacial score (nSPS) is 10.7. The van der Waals surface area contributed by atoms with Crippen molar-refractivity contribution in [3.05, 3.63) is 54.4 Å². The van der Waals surface area contributed by atoms with Crippen LogP contribution in [0.5, 0.6) is 5.75 Å². The van der Waals surface area contributed by atoms with Crippen LogP contribution in [0.3, 0.4) is 0 Å². The molecule has 0 amide bonds. The molecule has 0 aliphatic carbocycles. The highest BCUT2D eigenvalue weighted by Crippen LogP contribution is 2.29. The summed E-state index contributed by atoms with van der Waals surface area (Å²) in [5.41, 5.74) is 1.80. The Balaban J connectivity index is 2.10. The lowest BCUT2D eigenvalue weighted by Crippen LogP contribution is -2.13. The van der Waals surface area contributed by atoms with E-state index < -0.39 is 0 Å². The first-order valence-electron chi connectivity index (χ1n) is 6.97. The number of nitrogens with zero attached hydrogens (tertiary/aromatic N) is 3. The largest absolute Gasteiger partial charge is 0.497 e. The maximum atomic E-state index is 9.38. The van der Waals surface area contributed by atoms with Crippen LogP contribution in [-0.4, -0.2) is 29.2 Å². The van der Waals surface area contributed by atoms with Gasteiger partial charge in [0, 0.05) is 18.1 Å². The van der Waals surface area contributed by atoms with Gasteiger partial charge in [0.2, 0.25) is 0 Å². The number of aliphatic hydroxyl groups excluding tert-OH is 1. The third-order valence-electron chi connectivity index (χ3n) is 3.55. The smallest absolute Gasteiger partial charge is 0.156 e. The van der Waals surface area contributed by atoms with Crippen LogP contribution >= 0.6 is 0 Å². The molecule has 0 aliphatic rings. The molecule has 0 saturated carbocycles. The molecule has 0 aliphatic heterocycles. The molecule has 1 heterocycles. The molecule has 3 aromatic rings. The van der Waals surface area contributed by atoms with Crippen LogP contribution in [0.4, 0.5) is 11.5 Å². The van der Waals surface area contributed by atoms with Gasteiger partial charge in [-0.15, -0.1) is 0 Å².